The zero-order chi connectivity index (χ0) is 22.1. The van der Waals surface area contributed by atoms with E-state index < -0.39 is 48.6 Å². The lowest BCUT2D eigenvalue weighted by Crippen LogP contribution is -2.35. The summed E-state index contributed by atoms with van der Waals surface area (Å²) in [6.45, 7) is -0.890. The first-order chi connectivity index (χ1) is 14.2. The summed E-state index contributed by atoms with van der Waals surface area (Å²) in [7, 11) is 0. The zero-order valence-electron chi connectivity index (χ0n) is 15.5. The van der Waals surface area contributed by atoms with Crippen molar-refractivity contribution in [2.45, 2.75) is 6.54 Å². The van der Waals surface area contributed by atoms with Gasteiger partial charge in [0.2, 0.25) is 5.91 Å². The second kappa shape index (κ2) is 10.5. The van der Waals surface area contributed by atoms with Crippen molar-refractivity contribution in [2.75, 3.05) is 18.5 Å². The normalized spacial score (nSPS) is 10.1. The first kappa shape index (κ1) is 22.3. The second-order valence-electron chi connectivity index (χ2n) is 5.94. The van der Waals surface area contributed by atoms with E-state index in [-0.39, 0.29) is 17.8 Å². The van der Waals surface area contributed by atoms with Gasteiger partial charge in [-0.05, 0) is 29.8 Å². The van der Waals surface area contributed by atoms with Gasteiger partial charge in [-0.1, -0.05) is 12.1 Å². The van der Waals surface area contributed by atoms with Gasteiger partial charge < -0.3 is 26.4 Å². The van der Waals surface area contributed by atoms with Crippen LogP contribution < -0.4 is 21.7 Å². The molecule has 0 aliphatic carbocycles. The van der Waals surface area contributed by atoms with Crippen LogP contribution in [0.3, 0.4) is 0 Å². The van der Waals surface area contributed by atoms with Crippen LogP contribution in [0.1, 0.15) is 15.9 Å². The Morgan fingerprint density at radius 3 is 2.23 bits per heavy atom. The highest BCUT2D eigenvalue weighted by atomic mass is 19.2. The number of amides is 4. The van der Waals surface area contributed by atoms with E-state index in [1.54, 1.807) is 12.1 Å². The maximum Gasteiger partial charge on any atom is 0.338 e. The number of anilines is 1. The molecule has 0 aliphatic heterocycles. The molecule has 2 aromatic carbocycles. The molecule has 158 valence electrons. The van der Waals surface area contributed by atoms with Crippen molar-refractivity contribution in [2.24, 2.45) is 5.73 Å². The number of nitrogens with two attached hydrogens (primary N) is 1. The number of urea groups is 1. The van der Waals surface area contributed by atoms with Crippen molar-refractivity contribution in [3.63, 3.8) is 0 Å². The average Bonchev–Trinajstić information content (AvgIpc) is 2.72. The van der Waals surface area contributed by atoms with Crippen LogP contribution in [0, 0.1) is 11.6 Å². The quantitative estimate of drug-likeness (QED) is 0.473. The number of rotatable bonds is 8. The van der Waals surface area contributed by atoms with Crippen LogP contribution >= 0.6 is 0 Å². The summed E-state index contributed by atoms with van der Waals surface area (Å²) in [5.74, 6) is -4.35. The Hall–Kier alpha value is -4.02. The average molecular weight is 420 g/mol. The molecule has 0 aliphatic rings. The molecule has 9 nitrogen and oxygen atoms in total. The van der Waals surface area contributed by atoms with Gasteiger partial charge in [0.25, 0.3) is 5.91 Å². The minimum atomic E-state index is -1.12. The molecule has 0 heterocycles. The van der Waals surface area contributed by atoms with Crippen molar-refractivity contribution in [3.8, 4) is 0 Å². The molecule has 0 saturated heterocycles. The van der Waals surface area contributed by atoms with E-state index in [9.17, 15) is 28.0 Å². The maximum atomic E-state index is 13.1. The van der Waals surface area contributed by atoms with Gasteiger partial charge >= 0.3 is 12.0 Å². The van der Waals surface area contributed by atoms with Crippen LogP contribution in [-0.2, 0) is 20.9 Å². The minimum Gasteiger partial charge on any atom is -0.452 e. The Balaban J connectivity index is 1.73. The summed E-state index contributed by atoms with van der Waals surface area (Å²) in [6, 6.07) is 8.19. The molecule has 0 atom stereocenters. The van der Waals surface area contributed by atoms with Crippen LogP contribution in [0.15, 0.2) is 42.5 Å². The Morgan fingerprint density at radius 1 is 0.900 bits per heavy atom. The fourth-order valence-electron chi connectivity index (χ4n) is 2.17. The summed E-state index contributed by atoms with van der Waals surface area (Å²) in [5, 5.41) is 6.90. The number of esters is 1. The first-order valence-corrected chi connectivity index (χ1v) is 8.55. The van der Waals surface area contributed by atoms with Gasteiger partial charge in [0.1, 0.15) is 0 Å². The molecule has 4 amide bonds. The molecule has 0 unspecified atom stereocenters. The fraction of sp³-hybridized carbons (Fsp3) is 0.158. The van der Waals surface area contributed by atoms with Gasteiger partial charge in [-0.15, -0.1) is 0 Å². The lowest BCUT2D eigenvalue weighted by atomic mass is 10.1. The Bertz CT molecular complexity index is 950. The highest BCUT2D eigenvalue weighted by molar-refractivity contribution is 5.95. The Morgan fingerprint density at radius 2 is 1.60 bits per heavy atom. The molecule has 0 radical (unpaired) electrons. The van der Waals surface area contributed by atoms with Crippen LogP contribution in [-0.4, -0.2) is 37.0 Å². The van der Waals surface area contributed by atoms with Crippen molar-refractivity contribution >= 4 is 29.5 Å². The molecule has 11 heteroatoms. The highest BCUT2D eigenvalue weighted by Crippen LogP contribution is 2.12. The van der Waals surface area contributed by atoms with Crippen LogP contribution in [0.25, 0.3) is 0 Å². The number of halogens is 2. The monoisotopic (exact) mass is 420 g/mol. The topological polar surface area (TPSA) is 140 Å². The minimum absolute atomic E-state index is 0.0223. The molecule has 0 fully saturated rings. The predicted octanol–water partition coefficient (Wildman–Crippen LogP) is 1.04. The molecule has 0 bridgehead atoms. The number of nitrogens with one attached hydrogen (secondary N) is 3. The smallest absolute Gasteiger partial charge is 0.338 e. The SMILES string of the molecule is NC(=O)NCc1ccc(C(=O)OCC(=O)NCC(=O)Nc2ccc(F)c(F)c2)cc1. The summed E-state index contributed by atoms with van der Waals surface area (Å²) in [5.41, 5.74) is 5.87. The fourth-order valence-corrected chi connectivity index (χ4v) is 2.17. The van der Waals surface area contributed by atoms with E-state index in [1.807, 2.05) is 0 Å². The standard InChI is InChI=1S/C19H18F2N4O5/c20-14-6-5-13(7-15(14)21)25-16(26)9-23-17(27)10-30-18(28)12-3-1-11(2-4-12)8-24-19(22)29/h1-7H,8-10H2,(H,23,27)(H,25,26)(H3,22,24,29). The van der Waals surface area contributed by atoms with Gasteiger partial charge in [-0.25, -0.2) is 18.4 Å². The first-order valence-electron chi connectivity index (χ1n) is 8.55. The molecular formula is C19H18F2N4O5. The molecule has 5 N–H and O–H groups in total. The number of hydrogen-bond acceptors (Lipinski definition) is 5. The summed E-state index contributed by atoms with van der Waals surface area (Å²) in [6.07, 6.45) is 0. The second-order valence-corrected chi connectivity index (χ2v) is 5.94. The van der Waals surface area contributed by atoms with Crippen molar-refractivity contribution in [1.82, 2.24) is 10.6 Å². The van der Waals surface area contributed by atoms with Crippen LogP contribution in [0.2, 0.25) is 0 Å². The van der Waals surface area contributed by atoms with Gasteiger partial charge in [0.15, 0.2) is 18.2 Å². The Kier molecular flexibility index (Phi) is 7.80. The van der Waals surface area contributed by atoms with Gasteiger partial charge in [-0.3, -0.25) is 9.59 Å². The highest BCUT2D eigenvalue weighted by Gasteiger charge is 2.12. The Labute approximate surface area is 169 Å². The van der Waals surface area contributed by atoms with Crippen molar-refractivity contribution in [1.29, 1.82) is 0 Å². The molecular weight excluding hydrogens is 402 g/mol. The third-order valence-electron chi connectivity index (χ3n) is 3.64. The van der Waals surface area contributed by atoms with Crippen LogP contribution in [0.5, 0.6) is 0 Å². The van der Waals surface area contributed by atoms with Crippen molar-refractivity contribution < 1.29 is 32.7 Å². The van der Waals surface area contributed by atoms with Gasteiger partial charge in [0.05, 0.1) is 12.1 Å². The van der Waals surface area contributed by atoms with Gasteiger partial charge in [0, 0.05) is 18.3 Å². The van der Waals surface area contributed by atoms with Crippen molar-refractivity contribution in [3.05, 3.63) is 65.2 Å². The summed E-state index contributed by atoms with van der Waals surface area (Å²) < 4.78 is 30.8. The lowest BCUT2D eigenvalue weighted by Gasteiger charge is -2.08. The van der Waals surface area contributed by atoms with E-state index in [1.165, 1.54) is 12.1 Å². The van der Waals surface area contributed by atoms with E-state index in [0.29, 0.717) is 5.56 Å². The summed E-state index contributed by atoms with van der Waals surface area (Å²) in [4.78, 5) is 46.0. The zero-order valence-corrected chi connectivity index (χ0v) is 15.5. The number of primary amides is 1. The van der Waals surface area contributed by atoms with Crippen LogP contribution in [0.4, 0.5) is 19.3 Å². The van der Waals surface area contributed by atoms with E-state index in [0.717, 1.165) is 18.2 Å². The molecule has 0 aromatic heterocycles. The third-order valence-corrected chi connectivity index (χ3v) is 3.64. The molecule has 2 rings (SSSR count). The number of hydrogen-bond donors (Lipinski definition) is 4. The molecule has 2 aromatic rings. The van der Waals surface area contributed by atoms with Gasteiger partial charge in [-0.2, -0.15) is 0 Å². The van der Waals surface area contributed by atoms with E-state index >= 15 is 0 Å². The van der Waals surface area contributed by atoms with E-state index in [4.69, 9.17) is 10.5 Å². The number of carbonyl (C=O) groups is 4. The maximum absolute atomic E-state index is 13.1. The molecule has 30 heavy (non-hydrogen) atoms. The predicted molar refractivity (Wildman–Crippen MR) is 101 cm³/mol. The number of ether oxygens (including phenoxy) is 1. The lowest BCUT2D eigenvalue weighted by molar-refractivity contribution is -0.126. The molecule has 0 saturated carbocycles. The van der Waals surface area contributed by atoms with E-state index in [2.05, 4.69) is 16.0 Å². The number of carbonyl (C=O) groups excluding carboxylic acids is 4. The summed E-state index contributed by atoms with van der Waals surface area (Å²) >= 11 is 0. The molecule has 0 spiro atoms. The largest absolute Gasteiger partial charge is 0.452 e. The number of benzene rings is 2. The third kappa shape index (κ3) is 7.19.